The van der Waals surface area contributed by atoms with Crippen molar-refractivity contribution in [1.82, 2.24) is 0 Å². The summed E-state index contributed by atoms with van der Waals surface area (Å²) >= 11 is 0. The number of hydrogen-bond acceptors (Lipinski definition) is 0. The van der Waals surface area contributed by atoms with E-state index in [0.29, 0.717) is 0 Å². The standard InChI is InChI=1S/C12H22/c1-3-11-5-4-6-12(9-11)7-10(2)8-12/h10-11H,3-9H2,1-2H3. The van der Waals surface area contributed by atoms with Crippen LogP contribution in [0, 0.1) is 17.3 Å². The lowest BCUT2D eigenvalue weighted by molar-refractivity contribution is 0.000345. The van der Waals surface area contributed by atoms with E-state index < -0.39 is 0 Å². The predicted molar refractivity (Wildman–Crippen MR) is 53.1 cm³/mol. The highest BCUT2D eigenvalue weighted by Crippen LogP contribution is 2.56. The molecule has 0 amide bonds. The van der Waals surface area contributed by atoms with Gasteiger partial charge in [0.1, 0.15) is 0 Å². The van der Waals surface area contributed by atoms with Crippen LogP contribution in [0.1, 0.15) is 58.8 Å². The lowest BCUT2D eigenvalue weighted by atomic mass is 9.54. The quantitative estimate of drug-likeness (QED) is 0.552. The molecular formula is C12H22. The van der Waals surface area contributed by atoms with Crippen molar-refractivity contribution in [2.24, 2.45) is 17.3 Å². The first-order valence-electron chi connectivity index (χ1n) is 5.74. The van der Waals surface area contributed by atoms with Gasteiger partial charge in [-0.05, 0) is 42.9 Å². The van der Waals surface area contributed by atoms with Gasteiger partial charge in [-0.2, -0.15) is 0 Å². The van der Waals surface area contributed by atoms with Gasteiger partial charge in [0.05, 0.1) is 0 Å². The van der Waals surface area contributed by atoms with Crippen LogP contribution in [0.25, 0.3) is 0 Å². The highest BCUT2D eigenvalue weighted by Gasteiger charge is 2.44. The Balaban J connectivity index is 1.91. The van der Waals surface area contributed by atoms with Crippen LogP contribution in [0.5, 0.6) is 0 Å². The predicted octanol–water partition coefficient (Wildman–Crippen LogP) is 4.00. The zero-order valence-corrected chi connectivity index (χ0v) is 8.60. The summed E-state index contributed by atoms with van der Waals surface area (Å²) < 4.78 is 0. The van der Waals surface area contributed by atoms with Gasteiger partial charge in [-0.15, -0.1) is 0 Å². The Morgan fingerprint density at radius 1 is 1.25 bits per heavy atom. The van der Waals surface area contributed by atoms with Crippen LogP contribution < -0.4 is 0 Å². The van der Waals surface area contributed by atoms with Gasteiger partial charge in [-0.25, -0.2) is 0 Å². The van der Waals surface area contributed by atoms with Crippen LogP contribution in [0.2, 0.25) is 0 Å². The monoisotopic (exact) mass is 166 g/mol. The molecule has 70 valence electrons. The highest BCUT2D eigenvalue weighted by atomic mass is 14.5. The van der Waals surface area contributed by atoms with Crippen LogP contribution in [-0.4, -0.2) is 0 Å². The Morgan fingerprint density at radius 2 is 2.00 bits per heavy atom. The molecule has 2 rings (SSSR count). The maximum atomic E-state index is 2.42. The first-order valence-corrected chi connectivity index (χ1v) is 5.74. The normalized spacial score (nSPS) is 47.5. The molecule has 2 aliphatic carbocycles. The minimum atomic E-state index is 0.846. The average Bonchev–Trinajstić information content (AvgIpc) is 2.02. The molecule has 0 radical (unpaired) electrons. The molecule has 0 saturated heterocycles. The van der Waals surface area contributed by atoms with Crippen molar-refractivity contribution in [1.29, 1.82) is 0 Å². The van der Waals surface area contributed by atoms with Crippen LogP contribution in [0.15, 0.2) is 0 Å². The molecule has 0 bridgehead atoms. The molecule has 0 aromatic carbocycles. The van der Waals surface area contributed by atoms with Gasteiger partial charge < -0.3 is 0 Å². The van der Waals surface area contributed by atoms with Gasteiger partial charge in [0.2, 0.25) is 0 Å². The summed E-state index contributed by atoms with van der Waals surface area (Å²) in [6.45, 7) is 4.78. The van der Waals surface area contributed by atoms with Crippen molar-refractivity contribution >= 4 is 0 Å². The fourth-order valence-corrected chi connectivity index (χ4v) is 3.72. The van der Waals surface area contributed by atoms with Gasteiger partial charge >= 0.3 is 0 Å². The molecule has 2 aliphatic rings. The molecule has 1 atom stereocenters. The van der Waals surface area contributed by atoms with Gasteiger partial charge in [0.15, 0.2) is 0 Å². The molecule has 0 aromatic heterocycles. The second kappa shape index (κ2) is 3.05. The van der Waals surface area contributed by atoms with E-state index in [1.165, 1.54) is 19.3 Å². The lowest BCUT2D eigenvalue weighted by Crippen LogP contribution is -2.39. The van der Waals surface area contributed by atoms with Crippen LogP contribution in [0.4, 0.5) is 0 Å². The minimum Gasteiger partial charge on any atom is -0.0651 e. The molecule has 2 saturated carbocycles. The van der Waals surface area contributed by atoms with E-state index in [1.54, 1.807) is 25.7 Å². The Kier molecular flexibility index (Phi) is 2.18. The first-order chi connectivity index (χ1) is 5.74. The summed E-state index contributed by atoms with van der Waals surface area (Å²) in [5, 5.41) is 0. The zero-order valence-electron chi connectivity index (χ0n) is 8.60. The summed E-state index contributed by atoms with van der Waals surface area (Å²) in [5.74, 6) is 2.12. The molecule has 0 aromatic rings. The Morgan fingerprint density at radius 3 is 2.58 bits per heavy atom. The second-order valence-electron chi connectivity index (χ2n) is 5.38. The zero-order chi connectivity index (χ0) is 8.60. The largest absolute Gasteiger partial charge is 0.0651 e. The van der Waals surface area contributed by atoms with E-state index in [4.69, 9.17) is 0 Å². The fourth-order valence-electron chi connectivity index (χ4n) is 3.72. The minimum absolute atomic E-state index is 0.846. The van der Waals surface area contributed by atoms with E-state index in [0.717, 1.165) is 17.3 Å². The van der Waals surface area contributed by atoms with Gasteiger partial charge in [-0.1, -0.05) is 33.1 Å². The van der Waals surface area contributed by atoms with E-state index >= 15 is 0 Å². The van der Waals surface area contributed by atoms with Gasteiger partial charge in [-0.3, -0.25) is 0 Å². The third-order valence-corrected chi connectivity index (χ3v) is 4.18. The summed E-state index contributed by atoms with van der Waals surface area (Å²) in [5.41, 5.74) is 0.846. The van der Waals surface area contributed by atoms with Crippen molar-refractivity contribution in [3.05, 3.63) is 0 Å². The molecule has 0 N–H and O–H groups in total. The Labute approximate surface area is 76.7 Å². The van der Waals surface area contributed by atoms with Crippen LogP contribution >= 0.6 is 0 Å². The molecule has 0 heterocycles. The molecule has 0 nitrogen and oxygen atoms in total. The Bertz CT molecular complexity index is 148. The summed E-state index contributed by atoms with van der Waals surface area (Å²) in [4.78, 5) is 0. The fraction of sp³-hybridized carbons (Fsp3) is 1.00. The summed E-state index contributed by atoms with van der Waals surface area (Å²) in [6, 6.07) is 0. The molecule has 12 heavy (non-hydrogen) atoms. The van der Waals surface area contributed by atoms with Crippen LogP contribution in [0.3, 0.4) is 0 Å². The van der Waals surface area contributed by atoms with E-state index in [2.05, 4.69) is 13.8 Å². The topological polar surface area (TPSA) is 0 Å². The van der Waals surface area contributed by atoms with Gasteiger partial charge in [0.25, 0.3) is 0 Å². The smallest absolute Gasteiger partial charge is 0.0290 e. The SMILES string of the molecule is CCC1CCCC2(CC(C)C2)C1. The number of hydrogen-bond donors (Lipinski definition) is 0. The van der Waals surface area contributed by atoms with E-state index in [9.17, 15) is 0 Å². The van der Waals surface area contributed by atoms with E-state index in [-0.39, 0.29) is 0 Å². The average molecular weight is 166 g/mol. The van der Waals surface area contributed by atoms with Crippen molar-refractivity contribution in [2.45, 2.75) is 58.8 Å². The van der Waals surface area contributed by atoms with Gasteiger partial charge in [0, 0.05) is 0 Å². The summed E-state index contributed by atoms with van der Waals surface area (Å²) in [6.07, 6.45) is 10.7. The maximum absolute atomic E-state index is 2.42. The summed E-state index contributed by atoms with van der Waals surface area (Å²) in [7, 11) is 0. The van der Waals surface area contributed by atoms with Crippen molar-refractivity contribution in [3.63, 3.8) is 0 Å². The highest BCUT2D eigenvalue weighted by molar-refractivity contribution is 4.95. The molecule has 0 heteroatoms. The van der Waals surface area contributed by atoms with E-state index in [1.807, 2.05) is 0 Å². The third kappa shape index (κ3) is 1.41. The third-order valence-electron chi connectivity index (χ3n) is 4.18. The van der Waals surface area contributed by atoms with Crippen molar-refractivity contribution in [3.8, 4) is 0 Å². The molecule has 1 unspecified atom stereocenters. The second-order valence-corrected chi connectivity index (χ2v) is 5.38. The van der Waals surface area contributed by atoms with Crippen molar-refractivity contribution in [2.75, 3.05) is 0 Å². The van der Waals surface area contributed by atoms with Crippen LogP contribution in [-0.2, 0) is 0 Å². The molecule has 2 fully saturated rings. The Hall–Kier alpha value is 0. The first kappa shape index (κ1) is 8.59. The lowest BCUT2D eigenvalue weighted by Gasteiger charge is -2.51. The molecular weight excluding hydrogens is 144 g/mol. The maximum Gasteiger partial charge on any atom is -0.0290 e. The van der Waals surface area contributed by atoms with Crippen molar-refractivity contribution < 1.29 is 0 Å². The number of rotatable bonds is 1. The molecule has 1 spiro atoms. The molecule has 0 aliphatic heterocycles.